The van der Waals surface area contributed by atoms with Gasteiger partial charge in [0.05, 0.1) is 4.70 Å². The fraction of sp³-hybridized carbons (Fsp3) is 0. The van der Waals surface area contributed by atoms with Crippen molar-refractivity contribution in [3.05, 3.63) is 40.9 Å². The number of fused-ring (bicyclic) bond motifs is 3. The molecule has 15 heavy (non-hydrogen) atoms. The lowest BCUT2D eigenvalue weighted by Crippen LogP contribution is -1.83. The Morgan fingerprint density at radius 2 is 1.87 bits per heavy atom. The quantitative estimate of drug-likeness (QED) is 0.606. The van der Waals surface area contributed by atoms with Crippen molar-refractivity contribution in [2.24, 2.45) is 0 Å². The van der Waals surface area contributed by atoms with E-state index in [-0.39, 0.29) is 0 Å². The van der Waals surface area contributed by atoms with Gasteiger partial charge in [-0.3, -0.25) is 0 Å². The van der Waals surface area contributed by atoms with Gasteiger partial charge in [-0.15, -0.1) is 11.3 Å². The monoisotopic (exact) mass is 277 g/mol. The van der Waals surface area contributed by atoms with Crippen LogP contribution in [-0.4, -0.2) is 0 Å². The molecule has 3 rings (SSSR count). The molecule has 3 aromatic rings. The largest absolute Gasteiger partial charge is 0.398 e. The summed E-state index contributed by atoms with van der Waals surface area (Å²) in [6.07, 6.45) is 0. The number of rotatable bonds is 0. The average Bonchev–Trinajstić information content (AvgIpc) is 2.64. The number of halogens is 1. The molecule has 1 heterocycles. The van der Waals surface area contributed by atoms with Gasteiger partial charge < -0.3 is 5.73 Å². The van der Waals surface area contributed by atoms with Crippen LogP contribution in [0.25, 0.3) is 20.2 Å². The number of thiophene rings is 1. The van der Waals surface area contributed by atoms with Gasteiger partial charge in [-0.1, -0.05) is 34.1 Å². The molecule has 0 saturated carbocycles. The summed E-state index contributed by atoms with van der Waals surface area (Å²) in [6, 6.07) is 12.3. The molecular formula is C12H8BrNS. The van der Waals surface area contributed by atoms with Gasteiger partial charge in [0.2, 0.25) is 0 Å². The molecule has 2 aromatic carbocycles. The van der Waals surface area contributed by atoms with Crippen LogP contribution in [0.3, 0.4) is 0 Å². The first-order valence-corrected chi connectivity index (χ1v) is 6.23. The first-order chi connectivity index (χ1) is 7.27. The summed E-state index contributed by atoms with van der Waals surface area (Å²) in [6.45, 7) is 0. The van der Waals surface area contributed by atoms with Gasteiger partial charge in [0.1, 0.15) is 0 Å². The molecule has 2 N–H and O–H groups in total. The number of benzene rings is 2. The molecule has 0 fully saturated rings. The number of hydrogen-bond acceptors (Lipinski definition) is 2. The third kappa shape index (κ3) is 1.27. The molecule has 0 aliphatic carbocycles. The van der Waals surface area contributed by atoms with Crippen molar-refractivity contribution in [2.45, 2.75) is 0 Å². The summed E-state index contributed by atoms with van der Waals surface area (Å²) in [4.78, 5) is 0. The summed E-state index contributed by atoms with van der Waals surface area (Å²) in [5, 5.41) is 2.51. The fourth-order valence-electron chi connectivity index (χ4n) is 1.81. The number of nitrogens with two attached hydrogens (primary N) is 1. The average molecular weight is 278 g/mol. The predicted octanol–water partition coefficient (Wildman–Crippen LogP) is 4.40. The third-order valence-electron chi connectivity index (χ3n) is 2.51. The van der Waals surface area contributed by atoms with Crippen LogP contribution in [0.4, 0.5) is 5.69 Å². The zero-order chi connectivity index (χ0) is 10.4. The van der Waals surface area contributed by atoms with E-state index >= 15 is 0 Å². The predicted molar refractivity (Wildman–Crippen MR) is 71.4 cm³/mol. The lowest BCUT2D eigenvalue weighted by Gasteiger charge is -1.98. The van der Waals surface area contributed by atoms with E-state index in [0.717, 1.165) is 10.2 Å². The SMILES string of the molecule is Nc1ccc(Br)c2c1sc1ccccc12. The topological polar surface area (TPSA) is 26.0 Å². The van der Waals surface area contributed by atoms with E-state index in [9.17, 15) is 0 Å². The Bertz CT molecular complexity index is 657. The summed E-state index contributed by atoms with van der Waals surface area (Å²) < 4.78 is 3.57. The maximum absolute atomic E-state index is 5.98. The minimum absolute atomic E-state index is 0.856. The van der Waals surface area contributed by atoms with Crippen LogP contribution in [-0.2, 0) is 0 Å². The maximum Gasteiger partial charge on any atom is 0.0596 e. The zero-order valence-electron chi connectivity index (χ0n) is 7.83. The van der Waals surface area contributed by atoms with E-state index in [2.05, 4.69) is 40.2 Å². The Morgan fingerprint density at radius 3 is 2.73 bits per heavy atom. The highest BCUT2D eigenvalue weighted by Crippen LogP contribution is 2.40. The van der Waals surface area contributed by atoms with Crippen molar-refractivity contribution >= 4 is 53.1 Å². The Hall–Kier alpha value is -1.06. The van der Waals surface area contributed by atoms with E-state index in [0.29, 0.717) is 0 Å². The molecule has 0 radical (unpaired) electrons. The van der Waals surface area contributed by atoms with Crippen LogP contribution in [0.15, 0.2) is 40.9 Å². The van der Waals surface area contributed by atoms with Crippen molar-refractivity contribution in [1.82, 2.24) is 0 Å². The molecule has 0 aliphatic rings. The molecule has 0 spiro atoms. The van der Waals surface area contributed by atoms with Crippen molar-refractivity contribution in [2.75, 3.05) is 5.73 Å². The Labute approximate surface area is 99.6 Å². The minimum atomic E-state index is 0.856. The molecule has 0 bridgehead atoms. The normalized spacial score (nSPS) is 11.3. The Kier molecular flexibility index (Phi) is 1.97. The fourth-order valence-corrected chi connectivity index (χ4v) is 3.64. The molecular weight excluding hydrogens is 270 g/mol. The Morgan fingerprint density at radius 1 is 1.07 bits per heavy atom. The number of anilines is 1. The van der Waals surface area contributed by atoms with E-state index in [1.54, 1.807) is 11.3 Å². The van der Waals surface area contributed by atoms with Gasteiger partial charge >= 0.3 is 0 Å². The van der Waals surface area contributed by atoms with E-state index in [4.69, 9.17) is 5.73 Å². The molecule has 74 valence electrons. The molecule has 0 atom stereocenters. The molecule has 1 aromatic heterocycles. The van der Waals surface area contributed by atoms with Crippen molar-refractivity contribution < 1.29 is 0 Å². The second kappa shape index (κ2) is 3.22. The van der Waals surface area contributed by atoms with Gasteiger partial charge in [-0.25, -0.2) is 0 Å². The first-order valence-electron chi connectivity index (χ1n) is 4.62. The van der Waals surface area contributed by atoms with Gasteiger partial charge in [-0.2, -0.15) is 0 Å². The maximum atomic E-state index is 5.98. The lowest BCUT2D eigenvalue weighted by atomic mass is 10.1. The van der Waals surface area contributed by atoms with Crippen LogP contribution in [0.5, 0.6) is 0 Å². The first kappa shape index (κ1) is 9.19. The summed E-state index contributed by atoms with van der Waals surface area (Å²) in [7, 11) is 0. The zero-order valence-corrected chi connectivity index (χ0v) is 10.2. The van der Waals surface area contributed by atoms with E-state index in [1.807, 2.05) is 12.1 Å². The third-order valence-corrected chi connectivity index (χ3v) is 4.39. The minimum Gasteiger partial charge on any atom is -0.398 e. The van der Waals surface area contributed by atoms with Crippen LogP contribution in [0.2, 0.25) is 0 Å². The smallest absolute Gasteiger partial charge is 0.0596 e. The number of nitrogen functional groups attached to an aromatic ring is 1. The van der Waals surface area contributed by atoms with Crippen LogP contribution >= 0.6 is 27.3 Å². The van der Waals surface area contributed by atoms with Crippen LogP contribution in [0, 0.1) is 0 Å². The van der Waals surface area contributed by atoms with Gasteiger partial charge in [0.25, 0.3) is 0 Å². The molecule has 0 aliphatic heterocycles. The van der Waals surface area contributed by atoms with Gasteiger partial charge in [0.15, 0.2) is 0 Å². The van der Waals surface area contributed by atoms with Crippen LogP contribution < -0.4 is 5.73 Å². The molecule has 3 heteroatoms. The van der Waals surface area contributed by atoms with Gasteiger partial charge in [-0.05, 0) is 18.2 Å². The molecule has 1 nitrogen and oxygen atoms in total. The second-order valence-electron chi connectivity index (χ2n) is 3.44. The van der Waals surface area contributed by atoms with Crippen molar-refractivity contribution in [3.8, 4) is 0 Å². The highest BCUT2D eigenvalue weighted by molar-refractivity contribution is 9.10. The highest BCUT2D eigenvalue weighted by Gasteiger charge is 2.09. The summed E-state index contributed by atoms with van der Waals surface area (Å²) in [5.74, 6) is 0. The molecule has 0 amide bonds. The number of hydrogen-bond donors (Lipinski definition) is 1. The summed E-state index contributed by atoms with van der Waals surface area (Å²) >= 11 is 5.33. The molecule has 0 saturated heterocycles. The van der Waals surface area contributed by atoms with Crippen molar-refractivity contribution in [3.63, 3.8) is 0 Å². The van der Waals surface area contributed by atoms with Crippen molar-refractivity contribution in [1.29, 1.82) is 0 Å². The van der Waals surface area contributed by atoms with Gasteiger partial charge in [0, 0.05) is 25.6 Å². The van der Waals surface area contributed by atoms with Crippen LogP contribution in [0.1, 0.15) is 0 Å². The summed E-state index contributed by atoms with van der Waals surface area (Å²) in [5.41, 5.74) is 6.83. The standard InChI is InChI=1S/C12H8BrNS/c13-8-5-6-9(14)12-11(8)7-3-1-2-4-10(7)15-12/h1-6H,14H2. The van der Waals surface area contributed by atoms with E-state index in [1.165, 1.54) is 20.2 Å². The van der Waals surface area contributed by atoms with E-state index < -0.39 is 0 Å². The second-order valence-corrected chi connectivity index (χ2v) is 5.35. The highest BCUT2D eigenvalue weighted by atomic mass is 79.9. The molecule has 0 unspecified atom stereocenters. The Balaban J connectivity index is 2.66. The lowest BCUT2D eigenvalue weighted by molar-refractivity contribution is 1.76.